The highest BCUT2D eigenvalue weighted by molar-refractivity contribution is 6.60. The molecule has 2 heterocycles. The molecule has 2 aliphatic heterocycles. The molecule has 0 saturated carbocycles. The minimum absolute atomic E-state index is 0.0786. The van der Waals surface area contributed by atoms with Crippen molar-refractivity contribution in [2.45, 2.75) is 37.8 Å². The van der Waals surface area contributed by atoms with Crippen LogP contribution in [0, 0.1) is 11.8 Å². The maximum absolute atomic E-state index is 13.0. The van der Waals surface area contributed by atoms with Gasteiger partial charge in [-0.3, -0.25) is 29.0 Å². The van der Waals surface area contributed by atoms with Crippen LogP contribution >= 0.6 is 0 Å². The van der Waals surface area contributed by atoms with E-state index in [2.05, 4.69) is 0 Å². The van der Waals surface area contributed by atoms with E-state index in [4.69, 9.17) is 26.6 Å². The number of carbonyl (C=O) groups is 4. The van der Waals surface area contributed by atoms with Gasteiger partial charge in [0.2, 0.25) is 23.6 Å². The molecule has 194 valence electrons. The number of rotatable bonds is 15. The molecule has 0 N–H and O–H groups in total. The first-order chi connectivity index (χ1) is 16.2. The second-order valence-corrected chi connectivity index (χ2v) is 14.4. The molecule has 4 amide bonds. The first-order valence-electron chi connectivity index (χ1n) is 11.2. The maximum Gasteiger partial charge on any atom is 0.500 e. The van der Waals surface area contributed by atoms with Crippen LogP contribution in [-0.4, -0.2) is 107 Å². The highest BCUT2D eigenvalue weighted by atomic mass is 28.4. The van der Waals surface area contributed by atoms with E-state index >= 15 is 0 Å². The number of likely N-dealkylation sites (tertiary alicyclic amines) is 2. The van der Waals surface area contributed by atoms with Crippen molar-refractivity contribution >= 4 is 41.2 Å². The minimum atomic E-state index is -2.82. The second-order valence-electron chi connectivity index (χ2n) is 8.19. The number of amides is 4. The summed E-state index contributed by atoms with van der Waals surface area (Å²) in [4.78, 5) is 53.4. The molecule has 0 aromatic carbocycles. The molecule has 34 heavy (non-hydrogen) atoms. The van der Waals surface area contributed by atoms with Crippen molar-refractivity contribution in [3.8, 4) is 0 Å². The predicted octanol–water partition coefficient (Wildman–Crippen LogP) is 0.273. The van der Waals surface area contributed by atoms with Gasteiger partial charge in [0, 0.05) is 80.7 Å². The molecule has 12 nitrogen and oxygen atoms in total. The van der Waals surface area contributed by atoms with E-state index < -0.39 is 41.3 Å². The van der Waals surface area contributed by atoms with Crippen molar-refractivity contribution in [3.05, 3.63) is 0 Å². The lowest BCUT2D eigenvalue weighted by Crippen LogP contribution is -2.44. The van der Waals surface area contributed by atoms with Gasteiger partial charge >= 0.3 is 17.6 Å². The van der Waals surface area contributed by atoms with Crippen molar-refractivity contribution in [1.29, 1.82) is 0 Å². The third kappa shape index (κ3) is 5.99. The van der Waals surface area contributed by atoms with E-state index in [1.807, 2.05) is 0 Å². The zero-order valence-electron chi connectivity index (χ0n) is 20.8. The lowest BCUT2D eigenvalue weighted by atomic mass is 9.89. The van der Waals surface area contributed by atoms with Gasteiger partial charge in [-0.25, -0.2) is 0 Å². The van der Waals surface area contributed by atoms with Crippen LogP contribution in [0.25, 0.3) is 0 Å². The topological polar surface area (TPSA) is 130 Å². The van der Waals surface area contributed by atoms with Gasteiger partial charge in [0.05, 0.1) is 11.8 Å². The Morgan fingerprint density at radius 3 is 1.18 bits per heavy atom. The van der Waals surface area contributed by atoms with Crippen molar-refractivity contribution in [1.82, 2.24) is 9.80 Å². The lowest BCUT2D eigenvalue weighted by Gasteiger charge is -2.25. The molecule has 0 aromatic rings. The van der Waals surface area contributed by atoms with Crippen LogP contribution in [0.15, 0.2) is 0 Å². The van der Waals surface area contributed by atoms with Gasteiger partial charge in [0.15, 0.2) is 0 Å². The smallest absolute Gasteiger partial charge is 0.377 e. The zero-order valence-corrected chi connectivity index (χ0v) is 22.8. The predicted molar refractivity (Wildman–Crippen MR) is 122 cm³/mol. The average Bonchev–Trinajstić information content (AvgIpc) is 3.29. The summed E-state index contributed by atoms with van der Waals surface area (Å²) < 4.78 is 32.2. The molecule has 2 rings (SSSR count). The number of imide groups is 2. The summed E-state index contributed by atoms with van der Waals surface area (Å²) in [7, 11) is 3.35. The van der Waals surface area contributed by atoms with Crippen LogP contribution in [0.5, 0.6) is 0 Å². The summed E-state index contributed by atoms with van der Waals surface area (Å²) in [6.07, 6.45) is 0.731. The van der Waals surface area contributed by atoms with Gasteiger partial charge in [0.25, 0.3) is 0 Å². The highest BCUT2D eigenvalue weighted by Gasteiger charge is 2.51. The van der Waals surface area contributed by atoms with Crippen LogP contribution in [0.3, 0.4) is 0 Å². The Balaban J connectivity index is 1.96. The normalized spacial score (nSPS) is 21.9. The number of hydrogen-bond acceptors (Lipinski definition) is 10. The molecule has 0 spiro atoms. The molecule has 0 aliphatic carbocycles. The third-order valence-electron chi connectivity index (χ3n) is 6.64. The molecular weight excluding hydrogens is 484 g/mol. The lowest BCUT2D eigenvalue weighted by molar-refractivity contribution is -0.144. The average molecular weight is 521 g/mol. The standard InChI is InChI=1S/C20H36N2O10Si2/c1-27-33(28-2,29-3)11-7-9-21-17(23)13-15(19(21)25)16-14-18(24)22(20(16)26)10-8-12-34(30-4,31-5)32-6/h15-16H,7-14H2,1-6H3. The quantitative estimate of drug-likeness (QED) is 0.219. The monoisotopic (exact) mass is 520 g/mol. The van der Waals surface area contributed by atoms with Crippen LogP contribution < -0.4 is 0 Å². The van der Waals surface area contributed by atoms with Gasteiger partial charge in [-0.15, -0.1) is 0 Å². The number of nitrogens with zero attached hydrogens (tertiary/aromatic N) is 2. The Morgan fingerprint density at radius 2 is 0.912 bits per heavy atom. The third-order valence-corrected chi connectivity index (χ3v) is 12.3. The molecule has 0 radical (unpaired) electrons. The fourth-order valence-electron chi connectivity index (χ4n) is 4.54. The first-order valence-corrected chi connectivity index (χ1v) is 15.0. The van der Waals surface area contributed by atoms with E-state index in [-0.39, 0.29) is 37.7 Å². The minimum Gasteiger partial charge on any atom is -0.377 e. The fourth-order valence-corrected chi connectivity index (χ4v) is 7.94. The molecule has 14 heteroatoms. The van der Waals surface area contributed by atoms with Gasteiger partial charge in [-0.1, -0.05) is 0 Å². The van der Waals surface area contributed by atoms with E-state index in [1.54, 1.807) is 0 Å². The van der Waals surface area contributed by atoms with Crippen LogP contribution in [0.1, 0.15) is 25.7 Å². The van der Waals surface area contributed by atoms with Crippen molar-refractivity contribution in [2.24, 2.45) is 11.8 Å². The molecule has 2 atom stereocenters. The number of carbonyl (C=O) groups excluding carboxylic acids is 4. The second kappa shape index (κ2) is 12.4. The maximum atomic E-state index is 13.0. The van der Waals surface area contributed by atoms with Crippen LogP contribution in [0.2, 0.25) is 12.1 Å². The van der Waals surface area contributed by atoms with Crippen molar-refractivity contribution in [3.63, 3.8) is 0 Å². The molecular formula is C20H36N2O10Si2. The summed E-state index contributed by atoms with van der Waals surface area (Å²) in [6, 6.07) is 0.865. The van der Waals surface area contributed by atoms with E-state index in [0.717, 1.165) is 0 Å². The van der Waals surface area contributed by atoms with Crippen LogP contribution in [0.4, 0.5) is 0 Å². The Kier molecular flexibility index (Phi) is 10.5. The Bertz CT molecular complexity index is 681. The SMILES string of the molecule is CO[Si](CCCN1C(=O)CC(C2CC(=O)N(CCC[Si](OC)(OC)OC)C2=O)C1=O)(OC)OC. The largest absolute Gasteiger partial charge is 0.500 e. The summed E-state index contributed by atoms with van der Waals surface area (Å²) in [5, 5.41) is 0. The summed E-state index contributed by atoms with van der Waals surface area (Å²) in [5.41, 5.74) is 0. The highest BCUT2D eigenvalue weighted by Crippen LogP contribution is 2.35. The van der Waals surface area contributed by atoms with Crippen LogP contribution in [-0.2, 0) is 45.7 Å². The van der Waals surface area contributed by atoms with Gasteiger partial charge in [-0.05, 0) is 12.8 Å². The number of hydrogen-bond donors (Lipinski definition) is 0. The molecule has 2 fully saturated rings. The Morgan fingerprint density at radius 1 is 0.618 bits per heavy atom. The molecule has 2 saturated heterocycles. The van der Waals surface area contributed by atoms with E-state index in [1.165, 1.54) is 52.5 Å². The van der Waals surface area contributed by atoms with Crippen molar-refractivity contribution in [2.75, 3.05) is 55.7 Å². The van der Waals surface area contributed by atoms with Gasteiger partial charge in [-0.2, -0.15) is 0 Å². The van der Waals surface area contributed by atoms with Gasteiger partial charge in [0.1, 0.15) is 0 Å². The summed E-state index contributed by atoms with van der Waals surface area (Å²) in [6.45, 7) is 0.352. The Labute approximate surface area is 202 Å². The molecule has 0 bridgehead atoms. The molecule has 2 unspecified atom stereocenters. The van der Waals surface area contributed by atoms with Gasteiger partial charge < -0.3 is 26.6 Å². The van der Waals surface area contributed by atoms with Crippen molar-refractivity contribution < 1.29 is 45.7 Å². The molecule has 2 aliphatic rings. The molecule has 0 aromatic heterocycles. The zero-order chi connectivity index (χ0) is 25.5. The van der Waals surface area contributed by atoms with E-state index in [0.29, 0.717) is 24.9 Å². The fraction of sp³-hybridized carbons (Fsp3) is 0.800. The Hall–Kier alpha value is -1.53. The summed E-state index contributed by atoms with van der Waals surface area (Å²) >= 11 is 0. The van der Waals surface area contributed by atoms with E-state index in [9.17, 15) is 19.2 Å². The first kappa shape index (κ1) is 28.7. The summed E-state index contributed by atoms with van der Waals surface area (Å²) in [5.74, 6) is -3.17.